The van der Waals surface area contributed by atoms with Crippen LogP contribution in [-0.4, -0.2) is 27.9 Å². The Kier molecular flexibility index (Phi) is 4.30. The number of furan rings is 1. The van der Waals surface area contributed by atoms with E-state index in [1.807, 2.05) is 20.0 Å². The van der Waals surface area contributed by atoms with Crippen LogP contribution in [0.3, 0.4) is 0 Å². The van der Waals surface area contributed by atoms with Crippen LogP contribution in [0.25, 0.3) is 0 Å². The summed E-state index contributed by atoms with van der Waals surface area (Å²) < 4.78 is 6.74. The van der Waals surface area contributed by atoms with Gasteiger partial charge in [0, 0.05) is 6.54 Å². The quantitative estimate of drug-likeness (QED) is 0.791. The maximum atomic E-state index is 11.8. The van der Waals surface area contributed by atoms with E-state index in [9.17, 15) is 4.79 Å². The van der Waals surface area contributed by atoms with Crippen molar-refractivity contribution in [3.05, 3.63) is 36.0 Å². The lowest BCUT2D eigenvalue weighted by atomic mass is 10.2. The first kappa shape index (κ1) is 13.3. The van der Waals surface area contributed by atoms with Gasteiger partial charge in [-0.3, -0.25) is 4.79 Å². The highest BCUT2D eigenvalue weighted by atomic mass is 16.3. The van der Waals surface area contributed by atoms with E-state index in [-0.39, 0.29) is 18.5 Å². The number of aromatic nitrogens is 3. The normalized spacial score (nSPS) is 12.3. The lowest BCUT2D eigenvalue weighted by Gasteiger charge is -2.10. The first-order valence-electron chi connectivity index (χ1n) is 6.05. The number of carbonyl (C=O) groups is 1. The molecule has 102 valence electrons. The van der Waals surface area contributed by atoms with E-state index in [0.29, 0.717) is 6.54 Å². The second-order valence-corrected chi connectivity index (χ2v) is 4.24. The highest BCUT2D eigenvalue weighted by Crippen LogP contribution is 2.11. The predicted molar refractivity (Wildman–Crippen MR) is 68.1 cm³/mol. The number of carbonyl (C=O) groups excluding carboxylic acids is 1. The van der Waals surface area contributed by atoms with Gasteiger partial charge < -0.3 is 15.1 Å². The molecule has 7 nitrogen and oxygen atoms in total. The minimum absolute atomic E-state index is 0.134. The van der Waals surface area contributed by atoms with Gasteiger partial charge in [-0.1, -0.05) is 5.21 Å². The fraction of sp³-hybridized carbons (Fsp3) is 0.417. The third-order valence-electron chi connectivity index (χ3n) is 2.60. The molecule has 1 amide bonds. The molecular formula is C12H17N5O2. The van der Waals surface area contributed by atoms with Gasteiger partial charge in [0.25, 0.3) is 0 Å². The van der Waals surface area contributed by atoms with Crippen molar-refractivity contribution in [2.24, 2.45) is 0 Å². The van der Waals surface area contributed by atoms with Crippen molar-refractivity contribution in [3.63, 3.8) is 0 Å². The van der Waals surface area contributed by atoms with Crippen LogP contribution in [0.15, 0.2) is 29.0 Å². The van der Waals surface area contributed by atoms with Gasteiger partial charge in [-0.25, -0.2) is 4.68 Å². The Labute approximate surface area is 111 Å². The molecule has 2 aromatic heterocycles. The van der Waals surface area contributed by atoms with Crippen LogP contribution in [0.4, 0.5) is 0 Å². The minimum Gasteiger partial charge on any atom is -0.467 e. The van der Waals surface area contributed by atoms with E-state index in [2.05, 4.69) is 20.9 Å². The second-order valence-electron chi connectivity index (χ2n) is 4.24. The van der Waals surface area contributed by atoms with Gasteiger partial charge in [0.2, 0.25) is 5.91 Å². The van der Waals surface area contributed by atoms with Gasteiger partial charge in [-0.15, -0.1) is 5.10 Å². The van der Waals surface area contributed by atoms with Crippen LogP contribution in [0.5, 0.6) is 0 Å². The highest BCUT2D eigenvalue weighted by Gasteiger charge is 2.12. The fourth-order valence-corrected chi connectivity index (χ4v) is 1.72. The van der Waals surface area contributed by atoms with Crippen molar-refractivity contribution in [2.45, 2.75) is 26.1 Å². The molecule has 0 aromatic carbocycles. The monoisotopic (exact) mass is 263 g/mol. The summed E-state index contributed by atoms with van der Waals surface area (Å²) in [6, 6.07) is 3.45. The Morgan fingerprint density at radius 2 is 2.42 bits per heavy atom. The average molecular weight is 263 g/mol. The van der Waals surface area contributed by atoms with Crippen molar-refractivity contribution in [2.75, 3.05) is 7.05 Å². The van der Waals surface area contributed by atoms with Crippen molar-refractivity contribution in [1.29, 1.82) is 0 Å². The van der Waals surface area contributed by atoms with Crippen LogP contribution >= 0.6 is 0 Å². The van der Waals surface area contributed by atoms with Crippen molar-refractivity contribution in [1.82, 2.24) is 25.6 Å². The molecule has 1 unspecified atom stereocenters. The molecule has 0 spiro atoms. The third-order valence-corrected chi connectivity index (χ3v) is 2.60. The predicted octanol–water partition coefficient (Wildman–Crippen LogP) is 0.468. The summed E-state index contributed by atoms with van der Waals surface area (Å²) in [4.78, 5) is 11.8. The van der Waals surface area contributed by atoms with E-state index in [1.165, 1.54) is 4.68 Å². The molecule has 19 heavy (non-hydrogen) atoms. The molecule has 2 rings (SSSR count). The summed E-state index contributed by atoms with van der Waals surface area (Å²) in [6.45, 7) is 2.64. The summed E-state index contributed by atoms with van der Waals surface area (Å²) in [5.41, 5.74) is 0.800. The number of amides is 1. The average Bonchev–Trinajstić information content (AvgIpc) is 3.00. The Morgan fingerprint density at radius 3 is 3.11 bits per heavy atom. The molecule has 1 atom stereocenters. The summed E-state index contributed by atoms with van der Waals surface area (Å²) in [6.07, 6.45) is 3.33. The molecule has 0 bridgehead atoms. The van der Waals surface area contributed by atoms with Gasteiger partial charge in [0.05, 0.1) is 24.2 Å². The minimum atomic E-state index is -0.164. The van der Waals surface area contributed by atoms with Gasteiger partial charge in [0.15, 0.2) is 0 Å². The van der Waals surface area contributed by atoms with Crippen molar-refractivity contribution < 1.29 is 9.21 Å². The largest absolute Gasteiger partial charge is 0.467 e. The van der Waals surface area contributed by atoms with Crippen LogP contribution in [0, 0.1) is 0 Å². The van der Waals surface area contributed by atoms with E-state index in [1.54, 1.807) is 18.5 Å². The zero-order valence-corrected chi connectivity index (χ0v) is 11.0. The molecule has 2 aromatic rings. The molecule has 0 fully saturated rings. The maximum Gasteiger partial charge on any atom is 0.242 e. The Bertz CT molecular complexity index is 520. The summed E-state index contributed by atoms with van der Waals surface area (Å²) >= 11 is 0. The number of nitrogens with zero attached hydrogens (tertiary/aromatic N) is 3. The van der Waals surface area contributed by atoms with Crippen LogP contribution in [0.2, 0.25) is 0 Å². The van der Waals surface area contributed by atoms with Crippen molar-refractivity contribution >= 4 is 5.91 Å². The maximum absolute atomic E-state index is 11.8. The van der Waals surface area contributed by atoms with Crippen LogP contribution in [-0.2, 0) is 17.9 Å². The highest BCUT2D eigenvalue weighted by molar-refractivity contribution is 5.76. The van der Waals surface area contributed by atoms with Crippen LogP contribution in [0.1, 0.15) is 24.4 Å². The number of hydrogen-bond acceptors (Lipinski definition) is 5. The van der Waals surface area contributed by atoms with Gasteiger partial charge in [0.1, 0.15) is 12.3 Å². The lowest BCUT2D eigenvalue weighted by Crippen LogP contribution is -2.30. The summed E-state index contributed by atoms with van der Waals surface area (Å²) in [5, 5.41) is 13.6. The Morgan fingerprint density at radius 1 is 1.58 bits per heavy atom. The molecule has 0 saturated heterocycles. The molecular weight excluding hydrogens is 246 g/mol. The Hall–Kier alpha value is -2.15. The topological polar surface area (TPSA) is 85.0 Å². The Balaban J connectivity index is 1.86. The number of rotatable bonds is 6. The van der Waals surface area contributed by atoms with Gasteiger partial charge in [-0.2, -0.15) is 0 Å². The number of nitrogens with one attached hydrogen (secondary N) is 2. The molecule has 2 heterocycles. The number of hydrogen-bond donors (Lipinski definition) is 2. The molecule has 0 aliphatic heterocycles. The van der Waals surface area contributed by atoms with Crippen molar-refractivity contribution in [3.8, 4) is 0 Å². The SMILES string of the molecule is CNCc1cn(CC(=O)NC(C)c2ccco2)nn1. The van der Waals surface area contributed by atoms with E-state index >= 15 is 0 Å². The smallest absolute Gasteiger partial charge is 0.242 e. The third kappa shape index (κ3) is 3.65. The first-order valence-corrected chi connectivity index (χ1v) is 6.05. The first-order chi connectivity index (χ1) is 9.19. The van der Waals surface area contributed by atoms with Gasteiger partial charge >= 0.3 is 0 Å². The van der Waals surface area contributed by atoms with Gasteiger partial charge in [-0.05, 0) is 26.1 Å². The molecule has 7 heteroatoms. The van der Waals surface area contributed by atoms with E-state index < -0.39 is 0 Å². The van der Waals surface area contributed by atoms with E-state index in [4.69, 9.17) is 4.42 Å². The molecule has 0 radical (unpaired) electrons. The standard InChI is InChI=1S/C12H17N5O2/c1-9(11-4-3-5-19-11)14-12(18)8-17-7-10(6-13-2)15-16-17/h3-5,7,9,13H,6,8H2,1-2H3,(H,14,18). The molecule has 0 saturated carbocycles. The molecule has 0 aliphatic rings. The summed E-state index contributed by atoms with van der Waals surface area (Å²) in [7, 11) is 1.83. The summed E-state index contributed by atoms with van der Waals surface area (Å²) in [5.74, 6) is 0.590. The second kappa shape index (κ2) is 6.14. The molecule has 0 aliphatic carbocycles. The zero-order chi connectivity index (χ0) is 13.7. The molecule has 2 N–H and O–H groups in total. The lowest BCUT2D eigenvalue weighted by molar-refractivity contribution is -0.122. The van der Waals surface area contributed by atoms with E-state index in [0.717, 1.165) is 11.5 Å². The zero-order valence-electron chi connectivity index (χ0n) is 11.0. The van der Waals surface area contributed by atoms with Crippen LogP contribution < -0.4 is 10.6 Å². The fourth-order valence-electron chi connectivity index (χ4n) is 1.72.